The number of anilines is 1. The van der Waals surface area contributed by atoms with Crippen molar-refractivity contribution in [2.75, 3.05) is 25.0 Å². The first-order chi connectivity index (χ1) is 8.22. The SMILES string of the molecule is Fc1ccc(NC2CCN3CCC2C3)cc1Br. The minimum Gasteiger partial charge on any atom is -0.382 e. The summed E-state index contributed by atoms with van der Waals surface area (Å²) >= 11 is 3.23. The minimum atomic E-state index is -0.203. The Morgan fingerprint density at radius 2 is 2.12 bits per heavy atom. The second kappa shape index (κ2) is 4.58. The third-order valence-electron chi connectivity index (χ3n) is 3.91. The Balaban J connectivity index is 1.71. The molecule has 3 atom stereocenters. The Kier molecular flexibility index (Phi) is 3.09. The quantitative estimate of drug-likeness (QED) is 0.903. The van der Waals surface area contributed by atoms with Gasteiger partial charge in [0.1, 0.15) is 5.82 Å². The smallest absolute Gasteiger partial charge is 0.137 e. The van der Waals surface area contributed by atoms with Gasteiger partial charge in [0.05, 0.1) is 4.47 Å². The van der Waals surface area contributed by atoms with Crippen LogP contribution in [0.3, 0.4) is 0 Å². The van der Waals surface area contributed by atoms with Crippen LogP contribution >= 0.6 is 15.9 Å². The molecule has 3 rings (SSSR count). The highest BCUT2D eigenvalue weighted by Gasteiger charge is 2.34. The maximum absolute atomic E-state index is 13.1. The largest absolute Gasteiger partial charge is 0.382 e. The summed E-state index contributed by atoms with van der Waals surface area (Å²) in [6.45, 7) is 3.66. The van der Waals surface area contributed by atoms with Crippen molar-refractivity contribution in [2.45, 2.75) is 18.9 Å². The van der Waals surface area contributed by atoms with E-state index in [1.807, 2.05) is 12.1 Å². The first-order valence-corrected chi connectivity index (χ1v) is 6.95. The molecular formula is C13H16BrFN2. The van der Waals surface area contributed by atoms with E-state index >= 15 is 0 Å². The van der Waals surface area contributed by atoms with E-state index in [9.17, 15) is 4.39 Å². The van der Waals surface area contributed by atoms with E-state index in [4.69, 9.17) is 0 Å². The lowest BCUT2D eigenvalue weighted by molar-refractivity contribution is 0.255. The standard InChI is InChI=1S/C13H16BrFN2/c14-11-7-10(1-2-12(11)15)16-13-4-6-17-5-3-9(13)8-17/h1-2,7,9,13,16H,3-6,8H2. The highest BCUT2D eigenvalue weighted by molar-refractivity contribution is 9.10. The summed E-state index contributed by atoms with van der Waals surface area (Å²) in [7, 11) is 0. The molecule has 92 valence electrons. The first-order valence-electron chi connectivity index (χ1n) is 6.16. The van der Waals surface area contributed by atoms with Gasteiger partial charge in [0, 0.05) is 24.8 Å². The zero-order valence-corrected chi connectivity index (χ0v) is 11.2. The van der Waals surface area contributed by atoms with Crippen LogP contribution in [-0.4, -0.2) is 30.6 Å². The van der Waals surface area contributed by atoms with Crippen LogP contribution in [0.4, 0.5) is 10.1 Å². The Labute approximate surface area is 109 Å². The van der Waals surface area contributed by atoms with Crippen molar-refractivity contribution >= 4 is 21.6 Å². The molecule has 0 aromatic heterocycles. The summed E-state index contributed by atoms with van der Waals surface area (Å²) in [5.74, 6) is 0.554. The molecule has 2 fully saturated rings. The predicted octanol–water partition coefficient (Wildman–Crippen LogP) is 3.09. The Morgan fingerprint density at radius 3 is 2.94 bits per heavy atom. The lowest BCUT2D eigenvalue weighted by Gasteiger charge is -2.31. The topological polar surface area (TPSA) is 15.3 Å². The van der Waals surface area contributed by atoms with Gasteiger partial charge < -0.3 is 10.2 Å². The van der Waals surface area contributed by atoms with Gasteiger partial charge in [-0.2, -0.15) is 0 Å². The van der Waals surface area contributed by atoms with Gasteiger partial charge in [0.25, 0.3) is 0 Å². The van der Waals surface area contributed by atoms with Crippen LogP contribution in [-0.2, 0) is 0 Å². The van der Waals surface area contributed by atoms with Gasteiger partial charge in [-0.3, -0.25) is 0 Å². The number of fused-ring (bicyclic) bond motifs is 2. The van der Waals surface area contributed by atoms with Crippen molar-refractivity contribution in [3.8, 4) is 0 Å². The molecule has 17 heavy (non-hydrogen) atoms. The van der Waals surface area contributed by atoms with Crippen LogP contribution in [0, 0.1) is 11.7 Å². The molecular weight excluding hydrogens is 283 g/mol. The molecule has 0 aliphatic carbocycles. The fourth-order valence-corrected chi connectivity index (χ4v) is 3.32. The average molecular weight is 299 g/mol. The zero-order valence-electron chi connectivity index (χ0n) is 9.63. The Morgan fingerprint density at radius 1 is 1.29 bits per heavy atom. The van der Waals surface area contributed by atoms with Crippen LogP contribution in [0.5, 0.6) is 0 Å². The van der Waals surface area contributed by atoms with E-state index in [-0.39, 0.29) is 5.82 Å². The maximum Gasteiger partial charge on any atom is 0.137 e. The molecule has 1 aromatic rings. The number of benzene rings is 1. The van der Waals surface area contributed by atoms with E-state index in [2.05, 4.69) is 26.1 Å². The second-order valence-corrected chi connectivity index (χ2v) is 5.87. The number of hydrogen-bond acceptors (Lipinski definition) is 2. The normalized spacial score (nSPS) is 31.5. The molecule has 2 saturated heterocycles. The minimum absolute atomic E-state index is 0.203. The molecule has 2 aliphatic heterocycles. The molecule has 3 unspecified atom stereocenters. The lowest BCUT2D eigenvalue weighted by Crippen LogP contribution is -2.39. The van der Waals surface area contributed by atoms with E-state index < -0.39 is 0 Å². The van der Waals surface area contributed by atoms with E-state index in [1.54, 1.807) is 0 Å². The van der Waals surface area contributed by atoms with Gasteiger partial charge in [-0.25, -0.2) is 4.39 Å². The fraction of sp³-hybridized carbons (Fsp3) is 0.538. The summed E-state index contributed by atoms with van der Waals surface area (Å²) in [5, 5.41) is 3.55. The van der Waals surface area contributed by atoms with Crippen molar-refractivity contribution in [2.24, 2.45) is 5.92 Å². The van der Waals surface area contributed by atoms with Crippen LogP contribution in [0.1, 0.15) is 12.8 Å². The highest BCUT2D eigenvalue weighted by atomic mass is 79.9. The van der Waals surface area contributed by atoms with Crippen molar-refractivity contribution in [3.05, 3.63) is 28.5 Å². The Bertz CT molecular complexity index is 424. The van der Waals surface area contributed by atoms with Crippen molar-refractivity contribution < 1.29 is 4.39 Å². The number of nitrogens with one attached hydrogen (secondary N) is 1. The number of rotatable bonds is 2. The second-order valence-electron chi connectivity index (χ2n) is 5.02. The molecule has 0 radical (unpaired) electrons. The molecule has 2 aliphatic rings. The summed E-state index contributed by atoms with van der Waals surface area (Å²) in [4.78, 5) is 2.53. The number of piperidine rings is 1. The van der Waals surface area contributed by atoms with Gasteiger partial charge in [-0.05, 0) is 59.4 Å². The van der Waals surface area contributed by atoms with Gasteiger partial charge in [-0.1, -0.05) is 0 Å². The molecule has 0 spiro atoms. The van der Waals surface area contributed by atoms with Crippen molar-refractivity contribution in [3.63, 3.8) is 0 Å². The lowest BCUT2D eigenvalue weighted by atomic mass is 9.94. The van der Waals surface area contributed by atoms with E-state index in [0.717, 1.165) is 11.6 Å². The molecule has 4 heteroatoms. The average Bonchev–Trinajstić information content (AvgIpc) is 2.71. The van der Waals surface area contributed by atoms with Gasteiger partial charge >= 0.3 is 0 Å². The van der Waals surface area contributed by atoms with Crippen LogP contribution in [0.15, 0.2) is 22.7 Å². The summed E-state index contributed by atoms with van der Waals surface area (Å²) in [6.07, 6.45) is 2.49. The van der Waals surface area contributed by atoms with Gasteiger partial charge in [0.2, 0.25) is 0 Å². The highest BCUT2D eigenvalue weighted by Crippen LogP contribution is 2.30. The molecule has 2 bridgehead atoms. The fourth-order valence-electron chi connectivity index (χ4n) is 2.94. The molecule has 1 aromatic carbocycles. The first kappa shape index (κ1) is 11.5. The van der Waals surface area contributed by atoms with E-state index in [1.165, 1.54) is 38.5 Å². The molecule has 2 heterocycles. The van der Waals surface area contributed by atoms with Crippen LogP contribution < -0.4 is 5.32 Å². The van der Waals surface area contributed by atoms with Crippen molar-refractivity contribution in [1.29, 1.82) is 0 Å². The summed E-state index contributed by atoms with van der Waals surface area (Å²) < 4.78 is 13.7. The molecule has 0 amide bonds. The third kappa shape index (κ3) is 2.33. The molecule has 1 N–H and O–H groups in total. The van der Waals surface area contributed by atoms with Gasteiger partial charge in [0.15, 0.2) is 0 Å². The molecule has 2 nitrogen and oxygen atoms in total. The number of nitrogens with zero attached hydrogens (tertiary/aromatic N) is 1. The predicted molar refractivity (Wildman–Crippen MR) is 70.7 cm³/mol. The molecule has 0 saturated carbocycles. The summed E-state index contributed by atoms with van der Waals surface area (Å²) in [5.41, 5.74) is 1.02. The van der Waals surface area contributed by atoms with Crippen LogP contribution in [0.25, 0.3) is 0 Å². The van der Waals surface area contributed by atoms with Crippen molar-refractivity contribution in [1.82, 2.24) is 4.90 Å². The maximum atomic E-state index is 13.1. The van der Waals surface area contributed by atoms with Crippen LogP contribution in [0.2, 0.25) is 0 Å². The summed E-state index contributed by atoms with van der Waals surface area (Å²) in [6, 6.07) is 5.71. The number of hydrogen-bond donors (Lipinski definition) is 1. The monoisotopic (exact) mass is 298 g/mol. The van der Waals surface area contributed by atoms with E-state index in [0.29, 0.717) is 10.5 Å². The number of halogens is 2. The Hall–Kier alpha value is -0.610. The zero-order chi connectivity index (χ0) is 11.8. The third-order valence-corrected chi connectivity index (χ3v) is 4.51. The van der Waals surface area contributed by atoms with Gasteiger partial charge in [-0.15, -0.1) is 0 Å².